The highest BCUT2D eigenvalue weighted by atomic mass is 16.5. The van der Waals surface area contributed by atoms with Crippen LogP contribution in [-0.2, 0) is 4.74 Å². The Bertz CT molecular complexity index is 544. The van der Waals surface area contributed by atoms with Gasteiger partial charge in [0.15, 0.2) is 0 Å². The first kappa shape index (κ1) is 15.1. The predicted molar refractivity (Wildman–Crippen MR) is 87.2 cm³/mol. The van der Waals surface area contributed by atoms with Gasteiger partial charge in [-0.2, -0.15) is 0 Å². The number of amides is 1. The Kier molecular flexibility index (Phi) is 4.31. The number of pyridine rings is 1. The van der Waals surface area contributed by atoms with E-state index in [1.165, 1.54) is 6.42 Å². The Labute approximate surface area is 137 Å². The van der Waals surface area contributed by atoms with Gasteiger partial charge in [0.1, 0.15) is 0 Å². The molecule has 0 saturated carbocycles. The Morgan fingerprint density at radius 2 is 1.78 bits per heavy atom. The maximum Gasteiger partial charge on any atom is 0.254 e. The number of piperidine rings is 1. The molecule has 4 saturated heterocycles. The minimum Gasteiger partial charge on any atom is -0.381 e. The normalized spacial score (nSPS) is 29.5. The second kappa shape index (κ2) is 6.57. The maximum atomic E-state index is 12.9. The lowest BCUT2D eigenvalue weighted by molar-refractivity contribution is 0.0304. The van der Waals surface area contributed by atoms with Crippen LogP contribution in [-0.4, -0.2) is 65.6 Å². The zero-order chi connectivity index (χ0) is 15.6. The van der Waals surface area contributed by atoms with Gasteiger partial charge in [0.2, 0.25) is 0 Å². The van der Waals surface area contributed by atoms with Crippen LogP contribution in [0.5, 0.6) is 0 Å². The summed E-state index contributed by atoms with van der Waals surface area (Å²) < 4.78 is 5.51. The monoisotopic (exact) mass is 315 g/mol. The molecular weight excluding hydrogens is 290 g/mol. The van der Waals surface area contributed by atoms with Crippen molar-refractivity contribution < 1.29 is 9.53 Å². The van der Waals surface area contributed by atoms with Crippen LogP contribution >= 0.6 is 0 Å². The highest BCUT2D eigenvalue weighted by Gasteiger charge is 2.39. The average Bonchev–Trinajstić information content (AvgIpc) is 2.94. The summed E-state index contributed by atoms with van der Waals surface area (Å²) in [4.78, 5) is 21.7. The number of carbonyl (C=O) groups is 1. The van der Waals surface area contributed by atoms with E-state index in [1.54, 1.807) is 12.4 Å². The van der Waals surface area contributed by atoms with Gasteiger partial charge in [-0.3, -0.25) is 14.7 Å². The highest BCUT2D eigenvalue weighted by Crippen LogP contribution is 2.31. The van der Waals surface area contributed by atoms with E-state index >= 15 is 0 Å². The van der Waals surface area contributed by atoms with E-state index in [2.05, 4.69) is 14.8 Å². The molecule has 5 heterocycles. The zero-order valence-electron chi connectivity index (χ0n) is 13.6. The lowest BCUT2D eigenvalue weighted by Gasteiger charge is -2.37. The summed E-state index contributed by atoms with van der Waals surface area (Å²) in [7, 11) is 0. The van der Waals surface area contributed by atoms with Crippen molar-refractivity contribution in [3.63, 3.8) is 0 Å². The summed E-state index contributed by atoms with van der Waals surface area (Å²) in [5, 5.41) is 0. The van der Waals surface area contributed by atoms with Gasteiger partial charge >= 0.3 is 0 Å². The van der Waals surface area contributed by atoms with Gasteiger partial charge in [-0.15, -0.1) is 0 Å². The molecule has 2 bridgehead atoms. The summed E-state index contributed by atoms with van der Waals surface area (Å²) in [5.74, 6) is 0.790. The van der Waals surface area contributed by atoms with E-state index in [1.807, 2.05) is 12.1 Å². The summed E-state index contributed by atoms with van der Waals surface area (Å²) in [6.07, 6.45) is 8.08. The van der Waals surface area contributed by atoms with E-state index in [0.29, 0.717) is 18.0 Å². The van der Waals surface area contributed by atoms with E-state index in [9.17, 15) is 4.79 Å². The molecule has 5 heteroatoms. The first-order valence-electron chi connectivity index (χ1n) is 8.84. The zero-order valence-corrected chi connectivity index (χ0v) is 13.6. The molecular formula is C18H25N3O2. The van der Waals surface area contributed by atoms with Gasteiger partial charge < -0.3 is 9.64 Å². The van der Waals surface area contributed by atoms with E-state index in [0.717, 1.165) is 57.7 Å². The molecule has 0 N–H and O–H groups in total. The predicted octanol–water partition coefficient (Wildman–Crippen LogP) is 1.80. The molecule has 5 rings (SSSR count). The number of carbonyl (C=O) groups excluding carboxylic acids is 1. The molecule has 1 amide bonds. The van der Waals surface area contributed by atoms with Crippen molar-refractivity contribution >= 4 is 5.91 Å². The fourth-order valence-electron chi connectivity index (χ4n) is 4.38. The Balaban J connectivity index is 1.50. The van der Waals surface area contributed by atoms with Gasteiger partial charge in [-0.25, -0.2) is 0 Å². The second-order valence-electron chi connectivity index (χ2n) is 7.09. The summed E-state index contributed by atoms with van der Waals surface area (Å²) >= 11 is 0. The van der Waals surface area contributed by atoms with Crippen molar-refractivity contribution in [2.75, 3.05) is 32.8 Å². The molecule has 5 nitrogen and oxygen atoms in total. The third kappa shape index (κ3) is 3.12. The first-order valence-corrected chi connectivity index (χ1v) is 8.84. The van der Waals surface area contributed by atoms with Crippen molar-refractivity contribution in [1.29, 1.82) is 0 Å². The van der Waals surface area contributed by atoms with Crippen LogP contribution in [0.2, 0.25) is 0 Å². The van der Waals surface area contributed by atoms with Gasteiger partial charge in [-0.05, 0) is 43.7 Å². The van der Waals surface area contributed by atoms with Crippen LogP contribution in [0.25, 0.3) is 0 Å². The van der Waals surface area contributed by atoms with Crippen LogP contribution in [0.1, 0.15) is 36.0 Å². The minimum absolute atomic E-state index is 0.177. The number of rotatable bonds is 2. The van der Waals surface area contributed by atoms with Gasteiger partial charge in [-0.1, -0.05) is 0 Å². The van der Waals surface area contributed by atoms with E-state index in [-0.39, 0.29) is 5.91 Å². The summed E-state index contributed by atoms with van der Waals surface area (Å²) in [6, 6.07) is 4.66. The molecule has 4 fully saturated rings. The number of hydrogen-bond acceptors (Lipinski definition) is 4. The summed E-state index contributed by atoms with van der Waals surface area (Å²) in [5.41, 5.74) is 0.769. The molecule has 0 unspecified atom stereocenters. The molecule has 4 aliphatic heterocycles. The Morgan fingerprint density at radius 3 is 2.57 bits per heavy atom. The second-order valence-corrected chi connectivity index (χ2v) is 7.09. The van der Waals surface area contributed by atoms with Gasteiger partial charge in [0.25, 0.3) is 5.91 Å². The largest absolute Gasteiger partial charge is 0.381 e. The van der Waals surface area contributed by atoms with Crippen LogP contribution in [0.4, 0.5) is 0 Å². The molecule has 23 heavy (non-hydrogen) atoms. The molecule has 0 aromatic carbocycles. The molecule has 0 aliphatic carbocycles. The topological polar surface area (TPSA) is 45.7 Å². The van der Waals surface area contributed by atoms with E-state index in [4.69, 9.17) is 4.74 Å². The third-order valence-electron chi connectivity index (χ3n) is 5.64. The van der Waals surface area contributed by atoms with Crippen LogP contribution in [0.15, 0.2) is 24.5 Å². The standard InChI is InChI=1S/C18H25N3O2/c22-18(15-3-7-19-8-4-15)21-12-14-1-2-17(21)13-20(11-14)16-5-9-23-10-6-16/h3-4,7-8,14,16-17H,1-2,5-6,9-13H2/t14-,17+/m1/s1. The van der Waals surface area contributed by atoms with Crippen molar-refractivity contribution in [3.05, 3.63) is 30.1 Å². The van der Waals surface area contributed by atoms with Crippen LogP contribution < -0.4 is 0 Å². The number of nitrogens with zero attached hydrogens (tertiary/aromatic N) is 3. The van der Waals surface area contributed by atoms with Crippen LogP contribution in [0, 0.1) is 5.92 Å². The molecule has 1 aromatic heterocycles. The molecule has 0 spiro atoms. The first-order chi connectivity index (χ1) is 11.3. The van der Waals surface area contributed by atoms with Crippen molar-refractivity contribution in [2.24, 2.45) is 5.92 Å². The van der Waals surface area contributed by atoms with Gasteiger partial charge in [0.05, 0.1) is 0 Å². The Morgan fingerprint density at radius 1 is 1.00 bits per heavy atom. The quantitative estimate of drug-likeness (QED) is 0.835. The van der Waals surface area contributed by atoms with Crippen molar-refractivity contribution in [2.45, 2.75) is 37.8 Å². The third-order valence-corrected chi connectivity index (χ3v) is 5.64. The lowest BCUT2D eigenvalue weighted by Crippen LogP contribution is -2.48. The molecule has 124 valence electrons. The molecule has 0 radical (unpaired) electrons. The molecule has 1 aromatic rings. The van der Waals surface area contributed by atoms with Crippen molar-refractivity contribution in [1.82, 2.24) is 14.8 Å². The average molecular weight is 315 g/mol. The maximum absolute atomic E-state index is 12.9. The number of aromatic nitrogens is 1. The number of ether oxygens (including phenoxy) is 1. The van der Waals surface area contributed by atoms with Gasteiger partial charge in [0, 0.05) is 62.9 Å². The molecule has 2 atom stereocenters. The molecule has 4 aliphatic rings. The number of fused-ring (bicyclic) bond motifs is 4. The minimum atomic E-state index is 0.177. The Hall–Kier alpha value is -1.46. The number of hydrogen-bond donors (Lipinski definition) is 0. The van der Waals surface area contributed by atoms with E-state index < -0.39 is 0 Å². The fraction of sp³-hybridized carbons (Fsp3) is 0.667. The smallest absolute Gasteiger partial charge is 0.254 e. The lowest BCUT2D eigenvalue weighted by atomic mass is 9.94. The van der Waals surface area contributed by atoms with Crippen LogP contribution in [0.3, 0.4) is 0 Å². The summed E-state index contributed by atoms with van der Waals surface area (Å²) in [6.45, 7) is 4.84. The fourth-order valence-corrected chi connectivity index (χ4v) is 4.38. The van der Waals surface area contributed by atoms with Crippen molar-refractivity contribution in [3.8, 4) is 0 Å². The highest BCUT2D eigenvalue weighted by molar-refractivity contribution is 5.94. The SMILES string of the molecule is O=C(c1ccncc1)N1C[C@@H]2CC[C@H]1CN(C1CCOCC1)C2.